The van der Waals surface area contributed by atoms with Crippen molar-refractivity contribution in [1.29, 1.82) is 0 Å². The lowest BCUT2D eigenvalue weighted by molar-refractivity contribution is -0.0682. The third-order valence-electron chi connectivity index (χ3n) is 5.38. The summed E-state index contributed by atoms with van der Waals surface area (Å²) in [6, 6.07) is 8.10. The smallest absolute Gasteiger partial charge is 0.226 e. The largest absolute Gasteiger partial charge is 0.387 e. The zero-order chi connectivity index (χ0) is 21.5. The fraction of sp³-hybridized carbons (Fsp3) is 0.450. The third kappa shape index (κ3) is 4.50. The number of aromatic nitrogens is 4. The van der Waals surface area contributed by atoms with Gasteiger partial charge in [0.25, 0.3) is 0 Å². The van der Waals surface area contributed by atoms with Crippen LogP contribution in [-0.2, 0) is 16.0 Å². The van der Waals surface area contributed by atoms with E-state index in [9.17, 15) is 10.2 Å². The van der Waals surface area contributed by atoms with Gasteiger partial charge in [-0.05, 0) is 64.7 Å². The number of hydrogen-bond acceptors (Lipinski definition) is 8. The van der Waals surface area contributed by atoms with Crippen LogP contribution in [0.1, 0.15) is 24.6 Å². The summed E-state index contributed by atoms with van der Waals surface area (Å²) in [4.78, 5) is 13.0. The van der Waals surface area contributed by atoms with Crippen molar-refractivity contribution in [2.75, 3.05) is 11.9 Å². The van der Waals surface area contributed by atoms with E-state index in [2.05, 4.69) is 48.9 Å². The molecule has 3 heterocycles. The summed E-state index contributed by atoms with van der Waals surface area (Å²) in [6.07, 6.45) is 0.0722. The Balaban J connectivity index is 1.38. The van der Waals surface area contributed by atoms with Crippen molar-refractivity contribution in [1.82, 2.24) is 19.5 Å². The average Bonchev–Trinajstić information content (AvgIpc) is 3.42. The summed E-state index contributed by atoms with van der Waals surface area (Å²) in [7, 11) is 0. The van der Waals surface area contributed by atoms with Crippen molar-refractivity contribution in [3.05, 3.63) is 45.0 Å². The molecule has 1 aliphatic carbocycles. The van der Waals surface area contributed by atoms with Crippen LogP contribution in [0.2, 0.25) is 5.28 Å². The standard InChI is InChI=1S/C20H21ClIN5O4/c21-20-25-17(23-7-10-2-1-3-11(22)6-10)14-18(26-20)27(9-24-14)19-16(29)15(28)13(31-19)8-30-12-4-5-12/h1-3,6,9,12-13,15-16,19,28-29H,4-5,7-8H2,(H,23,25,26)/t13-,15?,16?,19-/m1/s1. The minimum atomic E-state index is -1.15. The molecule has 1 saturated heterocycles. The number of nitrogens with zero attached hydrogens (tertiary/aromatic N) is 4. The Labute approximate surface area is 196 Å². The van der Waals surface area contributed by atoms with Gasteiger partial charge in [-0.1, -0.05) is 12.1 Å². The fourth-order valence-corrected chi connectivity index (χ4v) is 4.37. The molecular weight excluding hydrogens is 537 g/mol. The number of anilines is 1. The molecule has 1 aromatic carbocycles. The maximum absolute atomic E-state index is 10.6. The lowest BCUT2D eigenvalue weighted by Gasteiger charge is -2.17. The highest BCUT2D eigenvalue weighted by molar-refractivity contribution is 14.1. The number of hydrogen-bond donors (Lipinski definition) is 3. The molecule has 164 valence electrons. The van der Waals surface area contributed by atoms with Gasteiger partial charge in [-0.15, -0.1) is 0 Å². The van der Waals surface area contributed by atoms with Gasteiger partial charge in [0, 0.05) is 10.1 Å². The Morgan fingerprint density at radius 3 is 2.87 bits per heavy atom. The lowest BCUT2D eigenvalue weighted by Crippen LogP contribution is -2.34. The number of halogens is 2. The molecule has 1 aliphatic heterocycles. The molecule has 0 bridgehead atoms. The van der Waals surface area contributed by atoms with Crippen molar-refractivity contribution in [3.8, 4) is 0 Å². The van der Waals surface area contributed by atoms with E-state index in [0.29, 0.717) is 23.5 Å². The van der Waals surface area contributed by atoms with Crippen LogP contribution < -0.4 is 5.32 Å². The van der Waals surface area contributed by atoms with Crippen LogP contribution in [-0.4, -0.2) is 60.8 Å². The summed E-state index contributed by atoms with van der Waals surface area (Å²) < 4.78 is 14.3. The number of ether oxygens (including phenoxy) is 2. The van der Waals surface area contributed by atoms with Crippen molar-refractivity contribution in [2.45, 2.75) is 50.0 Å². The topological polar surface area (TPSA) is 115 Å². The summed E-state index contributed by atoms with van der Waals surface area (Å²) in [5.74, 6) is 0.481. The highest BCUT2D eigenvalue weighted by atomic mass is 127. The second kappa shape index (κ2) is 8.75. The second-order valence-corrected chi connectivity index (χ2v) is 9.31. The Kier molecular flexibility index (Phi) is 6.01. The van der Waals surface area contributed by atoms with E-state index < -0.39 is 24.5 Å². The van der Waals surface area contributed by atoms with E-state index in [0.717, 1.165) is 22.0 Å². The summed E-state index contributed by atoms with van der Waals surface area (Å²) in [5.41, 5.74) is 1.99. The maximum atomic E-state index is 10.6. The molecule has 2 aliphatic rings. The van der Waals surface area contributed by atoms with E-state index in [1.165, 1.54) is 6.33 Å². The minimum absolute atomic E-state index is 0.0426. The van der Waals surface area contributed by atoms with Crippen LogP contribution in [0.5, 0.6) is 0 Å². The average molecular weight is 558 g/mol. The van der Waals surface area contributed by atoms with Crippen molar-refractivity contribution in [3.63, 3.8) is 0 Å². The first-order valence-electron chi connectivity index (χ1n) is 10.0. The zero-order valence-corrected chi connectivity index (χ0v) is 19.3. The van der Waals surface area contributed by atoms with E-state index >= 15 is 0 Å². The molecule has 1 saturated carbocycles. The lowest BCUT2D eigenvalue weighted by atomic mass is 10.1. The first kappa shape index (κ1) is 21.3. The number of nitrogens with one attached hydrogen (secondary N) is 1. The molecule has 3 aromatic rings. The van der Waals surface area contributed by atoms with E-state index in [1.807, 2.05) is 18.2 Å². The number of imidazole rings is 1. The highest BCUT2D eigenvalue weighted by Crippen LogP contribution is 2.34. The Morgan fingerprint density at radius 2 is 2.10 bits per heavy atom. The molecule has 2 fully saturated rings. The van der Waals surface area contributed by atoms with Crippen molar-refractivity contribution < 1.29 is 19.7 Å². The molecular formula is C20H21ClIN5O4. The molecule has 5 rings (SSSR count). The molecule has 0 radical (unpaired) electrons. The van der Waals surface area contributed by atoms with Gasteiger partial charge in [0.2, 0.25) is 5.28 Å². The van der Waals surface area contributed by atoms with Crippen molar-refractivity contribution in [2.24, 2.45) is 0 Å². The monoisotopic (exact) mass is 557 g/mol. The molecule has 0 amide bonds. The Morgan fingerprint density at radius 1 is 1.26 bits per heavy atom. The highest BCUT2D eigenvalue weighted by Gasteiger charge is 2.45. The predicted molar refractivity (Wildman–Crippen MR) is 122 cm³/mol. The quantitative estimate of drug-likeness (QED) is 0.300. The summed E-state index contributed by atoms with van der Waals surface area (Å²) >= 11 is 8.44. The SMILES string of the molecule is OC1C(O)[C@@H](COC2CC2)O[C@H]1n1cnc2c(NCc3cccc(I)c3)nc(Cl)nc21. The van der Waals surface area contributed by atoms with Gasteiger partial charge in [0.1, 0.15) is 18.3 Å². The van der Waals surface area contributed by atoms with Gasteiger partial charge in [-0.2, -0.15) is 9.97 Å². The number of benzene rings is 1. The molecule has 4 atom stereocenters. The molecule has 3 N–H and O–H groups in total. The molecule has 2 unspecified atom stereocenters. The van der Waals surface area contributed by atoms with Crippen LogP contribution in [0.3, 0.4) is 0 Å². The second-order valence-electron chi connectivity index (χ2n) is 7.73. The number of fused-ring (bicyclic) bond motifs is 1. The molecule has 11 heteroatoms. The minimum Gasteiger partial charge on any atom is -0.387 e. The maximum Gasteiger partial charge on any atom is 0.226 e. The molecule has 2 aromatic heterocycles. The summed E-state index contributed by atoms with van der Waals surface area (Å²) in [5, 5.41) is 24.3. The van der Waals surface area contributed by atoms with Gasteiger partial charge < -0.3 is 25.0 Å². The van der Waals surface area contributed by atoms with Crippen LogP contribution in [0.15, 0.2) is 30.6 Å². The Bertz CT molecular complexity index is 1090. The first-order chi connectivity index (χ1) is 15.0. The zero-order valence-electron chi connectivity index (χ0n) is 16.4. The van der Waals surface area contributed by atoms with E-state index in [1.54, 1.807) is 4.57 Å². The van der Waals surface area contributed by atoms with Gasteiger partial charge in [0.05, 0.1) is 19.0 Å². The fourth-order valence-electron chi connectivity index (χ4n) is 3.59. The van der Waals surface area contributed by atoms with Crippen LogP contribution in [0.25, 0.3) is 11.2 Å². The normalized spacial score (nSPS) is 25.9. The summed E-state index contributed by atoms with van der Waals surface area (Å²) in [6.45, 7) is 0.762. The van der Waals surface area contributed by atoms with Gasteiger partial charge >= 0.3 is 0 Å². The number of aliphatic hydroxyl groups is 2. The third-order valence-corrected chi connectivity index (χ3v) is 6.22. The van der Waals surface area contributed by atoms with Gasteiger partial charge in [-0.25, -0.2) is 4.98 Å². The van der Waals surface area contributed by atoms with Crippen molar-refractivity contribution >= 4 is 51.2 Å². The molecule has 9 nitrogen and oxygen atoms in total. The van der Waals surface area contributed by atoms with Gasteiger partial charge in [-0.3, -0.25) is 4.57 Å². The first-order valence-corrected chi connectivity index (χ1v) is 11.5. The number of rotatable bonds is 7. The predicted octanol–water partition coefficient (Wildman–Crippen LogP) is 2.49. The molecule has 0 spiro atoms. The van der Waals surface area contributed by atoms with E-state index in [-0.39, 0.29) is 18.0 Å². The van der Waals surface area contributed by atoms with Crippen LogP contribution >= 0.6 is 34.2 Å². The van der Waals surface area contributed by atoms with E-state index in [4.69, 9.17) is 21.1 Å². The molecule has 31 heavy (non-hydrogen) atoms. The van der Waals surface area contributed by atoms with Crippen LogP contribution in [0, 0.1) is 3.57 Å². The van der Waals surface area contributed by atoms with Crippen LogP contribution in [0.4, 0.5) is 5.82 Å². The Hall–Kier alpha value is -1.57. The van der Waals surface area contributed by atoms with Gasteiger partial charge in [0.15, 0.2) is 23.2 Å². The number of aliphatic hydroxyl groups excluding tert-OH is 2.